The van der Waals surface area contributed by atoms with Crippen LogP contribution in [0.15, 0.2) is 47.7 Å². The maximum atomic E-state index is 4.62. The van der Waals surface area contributed by atoms with Crippen LogP contribution < -0.4 is 5.32 Å². The van der Waals surface area contributed by atoms with Crippen molar-refractivity contribution in [3.05, 3.63) is 48.3 Å². The second-order valence-corrected chi connectivity index (χ2v) is 6.06. The molecule has 1 saturated heterocycles. The molecule has 1 N–H and O–H groups in total. The highest BCUT2D eigenvalue weighted by molar-refractivity contribution is 8.14. The third-order valence-corrected chi connectivity index (χ3v) is 4.44. The molecular formula is C15H19N5S. The molecule has 1 unspecified atom stereocenters. The predicted octanol–water partition coefficient (Wildman–Crippen LogP) is 1.97. The molecule has 21 heavy (non-hydrogen) atoms. The van der Waals surface area contributed by atoms with Crippen LogP contribution >= 0.6 is 11.8 Å². The first-order valence-corrected chi connectivity index (χ1v) is 8.20. The first-order valence-electron chi connectivity index (χ1n) is 7.22. The van der Waals surface area contributed by atoms with Gasteiger partial charge in [-0.25, -0.2) is 0 Å². The van der Waals surface area contributed by atoms with E-state index in [1.807, 2.05) is 22.6 Å². The molecule has 0 aliphatic carbocycles. The second-order valence-electron chi connectivity index (χ2n) is 5.05. The summed E-state index contributed by atoms with van der Waals surface area (Å²) in [5.41, 5.74) is 1.38. The smallest absolute Gasteiger partial charge is 0.156 e. The lowest BCUT2D eigenvalue weighted by molar-refractivity contribution is 0.564. The van der Waals surface area contributed by atoms with Crippen LogP contribution in [0.2, 0.25) is 0 Å². The number of aromatic nitrogens is 3. The molecule has 2 heterocycles. The zero-order valence-electron chi connectivity index (χ0n) is 11.9. The Morgan fingerprint density at radius 3 is 3.05 bits per heavy atom. The molecule has 0 spiro atoms. The van der Waals surface area contributed by atoms with Crippen LogP contribution in [0.1, 0.15) is 12.0 Å². The van der Waals surface area contributed by atoms with Crippen LogP contribution in [0.5, 0.6) is 0 Å². The molecule has 0 radical (unpaired) electrons. The molecule has 1 aliphatic heterocycles. The van der Waals surface area contributed by atoms with Crippen molar-refractivity contribution in [2.75, 3.05) is 12.3 Å². The third kappa shape index (κ3) is 4.32. The van der Waals surface area contributed by atoms with E-state index >= 15 is 0 Å². The van der Waals surface area contributed by atoms with Crippen LogP contribution in [-0.4, -0.2) is 38.5 Å². The number of amidine groups is 1. The zero-order chi connectivity index (χ0) is 14.3. The largest absolute Gasteiger partial charge is 0.361 e. The Kier molecular flexibility index (Phi) is 4.89. The molecule has 0 amide bonds. The maximum absolute atomic E-state index is 4.62. The Bertz CT molecular complexity index is 567. The molecule has 1 aromatic carbocycles. The van der Waals surface area contributed by atoms with E-state index in [0.29, 0.717) is 6.04 Å². The van der Waals surface area contributed by atoms with E-state index in [2.05, 4.69) is 51.0 Å². The van der Waals surface area contributed by atoms with Crippen LogP contribution in [0.25, 0.3) is 0 Å². The van der Waals surface area contributed by atoms with Gasteiger partial charge >= 0.3 is 0 Å². The Balaban J connectivity index is 1.40. The minimum atomic E-state index is 0.492. The van der Waals surface area contributed by atoms with Crippen molar-refractivity contribution in [3.63, 3.8) is 0 Å². The minimum Gasteiger partial charge on any atom is -0.361 e. The second kappa shape index (κ2) is 7.26. The molecule has 0 bridgehead atoms. The van der Waals surface area contributed by atoms with E-state index in [1.54, 1.807) is 6.20 Å². The van der Waals surface area contributed by atoms with Gasteiger partial charge in [-0.3, -0.25) is 9.67 Å². The van der Waals surface area contributed by atoms with Crippen LogP contribution in [0, 0.1) is 0 Å². The lowest BCUT2D eigenvalue weighted by Gasteiger charge is -2.09. The summed E-state index contributed by atoms with van der Waals surface area (Å²) in [5, 5.41) is 12.3. The molecule has 1 aromatic heterocycles. The quantitative estimate of drug-likeness (QED) is 0.829. The first kappa shape index (κ1) is 14.1. The Labute approximate surface area is 128 Å². The van der Waals surface area contributed by atoms with Gasteiger partial charge in [-0.05, 0) is 18.4 Å². The summed E-state index contributed by atoms with van der Waals surface area (Å²) in [7, 11) is 0. The number of hydrogen-bond acceptors (Lipinski definition) is 4. The molecule has 1 aliphatic rings. The number of nitrogens with one attached hydrogen (secondary N) is 1. The highest BCUT2D eigenvalue weighted by Gasteiger charge is 2.19. The van der Waals surface area contributed by atoms with Gasteiger partial charge < -0.3 is 5.32 Å². The van der Waals surface area contributed by atoms with Gasteiger partial charge in [-0.1, -0.05) is 47.3 Å². The number of hydrogen-bond donors (Lipinski definition) is 1. The van der Waals surface area contributed by atoms with Crippen LogP contribution in [-0.2, 0) is 13.0 Å². The van der Waals surface area contributed by atoms with Crippen molar-refractivity contribution in [2.24, 2.45) is 4.99 Å². The molecule has 2 aromatic rings. The maximum Gasteiger partial charge on any atom is 0.156 e. The van der Waals surface area contributed by atoms with E-state index in [4.69, 9.17) is 0 Å². The van der Waals surface area contributed by atoms with Crippen molar-refractivity contribution in [1.82, 2.24) is 20.3 Å². The average molecular weight is 301 g/mol. The summed E-state index contributed by atoms with van der Waals surface area (Å²) in [6.07, 6.45) is 5.63. The summed E-state index contributed by atoms with van der Waals surface area (Å²) in [6, 6.07) is 11.1. The van der Waals surface area contributed by atoms with E-state index in [-0.39, 0.29) is 0 Å². The summed E-state index contributed by atoms with van der Waals surface area (Å²) in [6.45, 7) is 1.70. The van der Waals surface area contributed by atoms with E-state index in [0.717, 1.165) is 36.9 Å². The standard InChI is InChI=1S/C15H19N5S/c1-2-5-13(6-3-1)11-14-12-21-15(18-14)16-7-4-9-20-10-8-17-19-20/h1-3,5-6,8,10,14H,4,7,9,11-12H2,(H,16,18). The monoisotopic (exact) mass is 301 g/mol. The van der Waals surface area contributed by atoms with E-state index in [1.165, 1.54) is 5.56 Å². The molecule has 1 fully saturated rings. The van der Waals surface area contributed by atoms with Crippen molar-refractivity contribution in [2.45, 2.75) is 25.4 Å². The minimum absolute atomic E-state index is 0.492. The van der Waals surface area contributed by atoms with Gasteiger partial charge in [0, 0.05) is 31.1 Å². The van der Waals surface area contributed by atoms with Gasteiger partial charge in [0.2, 0.25) is 0 Å². The fraction of sp³-hybridized carbons (Fsp3) is 0.400. The third-order valence-electron chi connectivity index (χ3n) is 3.35. The molecular weight excluding hydrogens is 282 g/mol. The van der Waals surface area contributed by atoms with Gasteiger partial charge in [0.15, 0.2) is 5.17 Å². The molecule has 1 atom stereocenters. The van der Waals surface area contributed by atoms with Crippen molar-refractivity contribution in [1.29, 1.82) is 0 Å². The van der Waals surface area contributed by atoms with Crippen LogP contribution in [0.4, 0.5) is 0 Å². The van der Waals surface area contributed by atoms with Gasteiger partial charge in [0.1, 0.15) is 0 Å². The van der Waals surface area contributed by atoms with Crippen molar-refractivity contribution < 1.29 is 0 Å². The van der Waals surface area contributed by atoms with Crippen LogP contribution in [0.3, 0.4) is 0 Å². The van der Waals surface area contributed by atoms with Crippen molar-refractivity contribution >= 4 is 16.9 Å². The summed E-state index contributed by atoms with van der Waals surface area (Å²) >= 11 is 1.82. The topological polar surface area (TPSA) is 55.1 Å². The Hall–Kier alpha value is -1.82. The Morgan fingerprint density at radius 1 is 1.33 bits per heavy atom. The number of thioether (sulfide) groups is 1. The fourth-order valence-corrected chi connectivity index (χ4v) is 3.30. The number of aliphatic imine (C=N–C) groups is 1. The SMILES string of the molecule is c1ccc(CC2CSC(=NCCCn3ccnn3)N2)cc1. The predicted molar refractivity (Wildman–Crippen MR) is 86.5 cm³/mol. The van der Waals surface area contributed by atoms with Gasteiger partial charge in [-0.2, -0.15) is 0 Å². The number of benzene rings is 1. The molecule has 5 nitrogen and oxygen atoms in total. The summed E-state index contributed by atoms with van der Waals surface area (Å²) in [5.74, 6) is 1.09. The van der Waals surface area contributed by atoms with Gasteiger partial charge in [0.25, 0.3) is 0 Å². The number of nitrogens with zero attached hydrogens (tertiary/aromatic N) is 4. The lowest BCUT2D eigenvalue weighted by Crippen LogP contribution is -2.29. The highest BCUT2D eigenvalue weighted by atomic mass is 32.2. The van der Waals surface area contributed by atoms with E-state index < -0.39 is 0 Å². The fourth-order valence-electron chi connectivity index (χ4n) is 2.30. The summed E-state index contributed by atoms with van der Waals surface area (Å²) in [4.78, 5) is 4.62. The molecule has 0 saturated carbocycles. The van der Waals surface area contributed by atoms with Gasteiger partial charge in [-0.15, -0.1) is 5.10 Å². The summed E-state index contributed by atoms with van der Waals surface area (Å²) < 4.78 is 1.84. The lowest BCUT2D eigenvalue weighted by atomic mass is 10.1. The zero-order valence-corrected chi connectivity index (χ0v) is 12.7. The number of rotatable bonds is 6. The van der Waals surface area contributed by atoms with Crippen molar-refractivity contribution in [3.8, 4) is 0 Å². The van der Waals surface area contributed by atoms with E-state index in [9.17, 15) is 0 Å². The first-order chi connectivity index (χ1) is 10.4. The number of aryl methyl sites for hydroxylation is 1. The van der Waals surface area contributed by atoms with Gasteiger partial charge in [0.05, 0.1) is 6.20 Å². The highest BCUT2D eigenvalue weighted by Crippen LogP contribution is 2.17. The Morgan fingerprint density at radius 2 is 2.24 bits per heavy atom. The average Bonchev–Trinajstić information content (AvgIpc) is 3.17. The molecule has 110 valence electrons. The molecule has 6 heteroatoms. The normalized spacial score (nSPS) is 19.8. The molecule has 3 rings (SSSR count).